The number of rotatable bonds is 3. The molecule has 0 aromatic heterocycles. The molecule has 1 aliphatic heterocycles. The summed E-state index contributed by atoms with van der Waals surface area (Å²) in [6.07, 6.45) is 1.11. The predicted molar refractivity (Wildman–Crippen MR) is 82.8 cm³/mol. The number of thioether (sulfide) groups is 1. The smallest absolute Gasteiger partial charge is 0.141 e. The van der Waals surface area contributed by atoms with Crippen molar-refractivity contribution in [1.82, 2.24) is 5.32 Å². The molecule has 0 fully saturated rings. The lowest BCUT2D eigenvalue weighted by Crippen LogP contribution is -2.24. The fourth-order valence-corrected chi connectivity index (χ4v) is 3.77. The second-order valence-corrected chi connectivity index (χ2v) is 6.40. The first-order valence-corrected chi connectivity index (χ1v) is 7.99. The number of halogens is 2. The lowest BCUT2D eigenvalue weighted by molar-refractivity contribution is 0.509. The molecule has 1 aliphatic rings. The van der Waals surface area contributed by atoms with Crippen LogP contribution < -0.4 is 5.32 Å². The van der Waals surface area contributed by atoms with Gasteiger partial charge in [0.05, 0.1) is 5.02 Å². The summed E-state index contributed by atoms with van der Waals surface area (Å²) in [5, 5.41) is 3.73. The van der Waals surface area contributed by atoms with E-state index in [0.29, 0.717) is 12.6 Å². The van der Waals surface area contributed by atoms with Crippen LogP contribution in [0.2, 0.25) is 5.02 Å². The molecule has 1 heterocycles. The van der Waals surface area contributed by atoms with Crippen LogP contribution in [-0.2, 0) is 6.54 Å². The van der Waals surface area contributed by atoms with Crippen LogP contribution in [0, 0.1) is 5.82 Å². The maximum Gasteiger partial charge on any atom is 0.141 e. The van der Waals surface area contributed by atoms with Gasteiger partial charge < -0.3 is 5.32 Å². The average molecular weight is 308 g/mol. The number of hydrogen-bond donors (Lipinski definition) is 1. The molecule has 104 valence electrons. The Balaban J connectivity index is 1.71. The summed E-state index contributed by atoms with van der Waals surface area (Å²) in [6, 6.07) is 13.7. The first kappa shape index (κ1) is 13.9. The molecule has 3 rings (SSSR count). The van der Waals surface area contributed by atoms with Crippen LogP contribution in [0.3, 0.4) is 0 Å². The van der Waals surface area contributed by atoms with Crippen molar-refractivity contribution in [3.05, 3.63) is 64.4 Å². The Morgan fingerprint density at radius 2 is 2.10 bits per heavy atom. The van der Waals surface area contributed by atoms with Gasteiger partial charge in [-0.2, -0.15) is 0 Å². The van der Waals surface area contributed by atoms with Crippen LogP contribution in [0.5, 0.6) is 0 Å². The minimum Gasteiger partial charge on any atom is -0.306 e. The number of hydrogen-bond acceptors (Lipinski definition) is 2. The highest BCUT2D eigenvalue weighted by Gasteiger charge is 2.19. The van der Waals surface area contributed by atoms with Crippen LogP contribution in [0.15, 0.2) is 47.4 Å². The lowest BCUT2D eigenvalue weighted by Gasteiger charge is -2.26. The second-order valence-electron chi connectivity index (χ2n) is 4.86. The van der Waals surface area contributed by atoms with Crippen molar-refractivity contribution in [2.45, 2.75) is 23.9 Å². The molecular formula is C16H15ClFNS. The highest BCUT2D eigenvalue weighted by molar-refractivity contribution is 7.99. The standard InChI is InChI=1S/C16H15ClFNS/c17-13-9-11(5-6-14(13)18)10-19-15-7-8-20-16-4-2-1-3-12(15)16/h1-6,9,15,19H,7-8,10H2. The summed E-state index contributed by atoms with van der Waals surface area (Å²) in [5.41, 5.74) is 2.36. The molecule has 20 heavy (non-hydrogen) atoms. The maximum atomic E-state index is 13.1. The van der Waals surface area contributed by atoms with Gasteiger partial charge in [-0.1, -0.05) is 35.9 Å². The SMILES string of the molecule is Fc1ccc(CNC2CCSc3ccccc32)cc1Cl. The fourth-order valence-electron chi connectivity index (χ4n) is 2.44. The summed E-state index contributed by atoms with van der Waals surface area (Å²) in [6.45, 7) is 0.698. The third-order valence-corrected chi connectivity index (χ3v) is 4.91. The molecule has 0 amide bonds. The number of fused-ring (bicyclic) bond motifs is 1. The summed E-state index contributed by atoms with van der Waals surface area (Å²) < 4.78 is 13.1. The Bertz CT molecular complexity index is 617. The van der Waals surface area contributed by atoms with E-state index in [0.717, 1.165) is 17.7 Å². The van der Waals surface area contributed by atoms with Gasteiger partial charge >= 0.3 is 0 Å². The molecule has 1 N–H and O–H groups in total. The van der Waals surface area contributed by atoms with Crippen LogP contribution in [0.25, 0.3) is 0 Å². The zero-order valence-corrected chi connectivity index (χ0v) is 12.5. The zero-order chi connectivity index (χ0) is 13.9. The van der Waals surface area contributed by atoms with Crippen LogP contribution in [0.4, 0.5) is 4.39 Å². The molecule has 2 aromatic rings. The average Bonchev–Trinajstić information content (AvgIpc) is 2.48. The normalized spacial score (nSPS) is 17.8. The molecule has 1 unspecified atom stereocenters. The molecule has 0 saturated heterocycles. The molecular weight excluding hydrogens is 293 g/mol. The fraction of sp³-hybridized carbons (Fsp3) is 0.250. The van der Waals surface area contributed by atoms with Crippen LogP contribution in [-0.4, -0.2) is 5.75 Å². The zero-order valence-electron chi connectivity index (χ0n) is 10.9. The summed E-state index contributed by atoms with van der Waals surface area (Å²) >= 11 is 7.72. The van der Waals surface area contributed by atoms with E-state index in [-0.39, 0.29) is 10.8 Å². The molecule has 1 nitrogen and oxygen atoms in total. The number of nitrogens with one attached hydrogen (secondary N) is 1. The Hall–Kier alpha value is -1.03. The van der Waals surface area contributed by atoms with Crippen molar-refractivity contribution >= 4 is 23.4 Å². The van der Waals surface area contributed by atoms with Gasteiger partial charge in [-0.3, -0.25) is 0 Å². The number of benzene rings is 2. The second kappa shape index (κ2) is 6.17. The van der Waals surface area contributed by atoms with Crippen LogP contribution in [0.1, 0.15) is 23.6 Å². The molecule has 0 bridgehead atoms. The van der Waals surface area contributed by atoms with Crippen molar-refractivity contribution < 1.29 is 4.39 Å². The van der Waals surface area contributed by atoms with E-state index in [9.17, 15) is 4.39 Å². The van der Waals surface area contributed by atoms with Gasteiger partial charge in [0.25, 0.3) is 0 Å². The third kappa shape index (κ3) is 3.00. The van der Waals surface area contributed by atoms with E-state index in [1.165, 1.54) is 16.5 Å². The largest absolute Gasteiger partial charge is 0.306 e. The highest BCUT2D eigenvalue weighted by atomic mass is 35.5. The van der Waals surface area contributed by atoms with E-state index in [4.69, 9.17) is 11.6 Å². The van der Waals surface area contributed by atoms with E-state index in [1.807, 2.05) is 11.8 Å². The van der Waals surface area contributed by atoms with Crippen molar-refractivity contribution in [1.29, 1.82) is 0 Å². The highest BCUT2D eigenvalue weighted by Crippen LogP contribution is 2.35. The molecule has 0 radical (unpaired) electrons. The Morgan fingerprint density at radius 1 is 1.25 bits per heavy atom. The summed E-state index contributed by atoms with van der Waals surface area (Å²) in [4.78, 5) is 1.35. The van der Waals surface area contributed by atoms with Gasteiger partial charge in [0.1, 0.15) is 5.82 Å². The monoisotopic (exact) mass is 307 g/mol. The molecule has 0 saturated carbocycles. The molecule has 2 aromatic carbocycles. The van der Waals surface area contributed by atoms with Gasteiger partial charge in [-0.25, -0.2) is 4.39 Å². The van der Waals surface area contributed by atoms with E-state index >= 15 is 0 Å². The molecule has 0 spiro atoms. The minimum absolute atomic E-state index is 0.184. The van der Waals surface area contributed by atoms with Crippen molar-refractivity contribution in [2.75, 3.05) is 5.75 Å². The third-order valence-electron chi connectivity index (χ3n) is 3.50. The van der Waals surface area contributed by atoms with Crippen molar-refractivity contribution in [3.63, 3.8) is 0 Å². The Kier molecular flexibility index (Phi) is 4.29. The topological polar surface area (TPSA) is 12.0 Å². The minimum atomic E-state index is -0.366. The van der Waals surface area contributed by atoms with Gasteiger partial charge in [-0.15, -0.1) is 11.8 Å². The first-order valence-electron chi connectivity index (χ1n) is 6.63. The molecule has 0 aliphatic carbocycles. The van der Waals surface area contributed by atoms with E-state index in [2.05, 4.69) is 29.6 Å². The van der Waals surface area contributed by atoms with Gasteiger partial charge in [0.15, 0.2) is 0 Å². The first-order chi connectivity index (χ1) is 9.74. The summed E-state index contributed by atoms with van der Waals surface area (Å²) in [7, 11) is 0. The van der Waals surface area contributed by atoms with E-state index < -0.39 is 0 Å². The Labute approximate surface area is 127 Å². The quantitative estimate of drug-likeness (QED) is 0.873. The van der Waals surface area contributed by atoms with E-state index in [1.54, 1.807) is 12.1 Å². The molecule has 1 atom stereocenters. The van der Waals surface area contributed by atoms with Crippen molar-refractivity contribution in [2.24, 2.45) is 0 Å². The van der Waals surface area contributed by atoms with Gasteiger partial charge in [-0.05, 0) is 41.5 Å². The summed E-state index contributed by atoms with van der Waals surface area (Å²) in [5.74, 6) is 0.758. The van der Waals surface area contributed by atoms with Gasteiger partial charge in [0.2, 0.25) is 0 Å². The van der Waals surface area contributed by atoms with Crippen LogP contribution >= 0.6 is 23.4 Å². The van der Waals surface area contributed by atoms with Crippen molar-refractivity contribution in [3.8, 4) is 0 Å². The Morgan fingerprint density at radius 3 is 2.95 bits per heavy atom. The lowest BCUT2D eigenvalue weighted by atomic mass is 10.0. The maximum absolute atomic E-state index is 13.1. The van der Waals surface area contributed by atoms with Gasteiger partial charge in [0, 0.05) is 17.5 Å². The molecule has 4 heteroatoms. The predicted octanol–water partition coefficient (Wildman–Crippen LogP) is 4.81.